The van der Waals surface area contributed by atoms with Gasteiger partial charge in [0, 0.05) is 25.9 Å². The fraction of sp³-hybridized carbons (Fsp3) is 0.455. The van der Waals surface area contributed by atoms with Gasteiger partial charge in [-0.15, -0.1) is 0 Å². The summed E-state index contributed by atoms with van der Waals surface area (Å²) >= 11 is 5.73. The van der Waals surface area contributed by atoms with Gasteiger partial charge in [-0.3, -0.25) is 4.79 Å². The van der Waals surface area contributed by atoms with Crippen LogP contribution in [0.4, 0.5) is 0 Å². The second-order valence-electron chi connectivity index (χ2n) is 3.59. The van der Waals surface area contributed by atoms with E-state index in [1.807, 2.05) is 6.92 Å². The zero-order chi connectivity index (χ0) is 12.1. The largest absolute Gasteiger partial charge is 0.383 e. The summed E-state index contributed by atoms with van der Waals surface area (Å²) in [5.41, 5.74) is 0.533. The maximum absolute atomic E-state index is 12.0. The predicted octanol–water partition coefficient (Wildman–Crippen LogP) is 1.84. The molecule has 0 spiro atoms. The Hall–Kier alpha value is -1.13. The number of pyridine rings is 1. The first-order valence-corrected chi connectivity index (χ1v) is 5.31. The van der Waals surface area contributed by atoms with Crippen molar-refractivity contribution in [2.75, 3.05) is 20.8 Å². The van der Waals surface area contributed by atoms with Crippen LogP contribution in [-0.4, -0.2) is 42.6 Å². The van der Waals surface area contributed by atoms with E-state index in [2.05, 4.69) is 4.98 Å². The molecule has 0 saturated carbocycles. The standard InChI is InChI=1S/C11H15ClN2O2/c1-8(7-16-3)14(2)11(15)9-4-5-13-10(12)6-9/h4-6,8H,7H2,1-3H3/t8-/m1/s1. The van der Waals surface area contributed by atoms with Crippen LogP contribution in [0.5, 0.6) is 0 Å². The molecule has 1 amide bonds. The Labute approximate surface area is 100 Å². The highest BCUT2D eigenvalue weighted by molar-refractivity contribution is 6.29. The zero-order valence-electron chi connectivity index (χ0n) is 9.61. The minimum atomic E-state index is -0.0890. The molecule has 1 rings (SSSR count). The second-order valence-corrected chi connectivity index (χ2v) is 3.97. The number of carbonyl (C=O) groups excluding carboxylic acids is 1. The number of rotatable bonds is 4. The van der Waals surface area contributed by atoms with E-state index in [0.29, 0.717) is 17.3 Å². The second kappa shape index (κ2) is 5.82. The van der Waals surface area contributed by atoms with E-state index in [9.17, 15) is 4.79 Å². The molecule has 0 unspecified atom stereocenters. The molecule has 0 fully saturated rings. The van der Waals surface area contributed by atoms with Gasteiger partial charge in [0.2, 0.25) is 0 Å². The summed E-state index contributed by atoms with van der Waals surface area (Å²) in [6.07, 6.45) is 1.52. The monoisotopic (exact) mass is 242 g/mol. The first-order chi connectivity index (χ1) is 7.56. The average Bonchev–Trinajstić information content (AvgIpc) is 2.27. The number of ether oxygens (including phenoxy) is 1. The van der Waals surface area contributed by atoms with Gasteiger partial charge in [0.25, 0.3) is 5.91 Å². The quantitative estimate of drug-likeness (QED) is 0.757. The molecule has 5 heteroatoms. The summed E-state index contributed by atoms with van der Waals surface area (Å²) in [7, 11) is 3.35. The van der Waals surface area contributed by atoms with Gasteiger partial charge in [-0.25, -0.2) is 4.98 Å². The summed E-state index contributed by atoms with van der Waals surface area (Å²) in [5, 5.41) is 0.318. The maximum atomic E-state index is 12.0. The molecule has 0 aliphatic rings. The van der Waals surface area contributed by atoms with E-state index in [1.54, 1.807) is 31.2 Å². The van der Waals surface area contributed by atoms with E-state index in [4.69, 9.17) is 16.3 Å². The molecule has 1 heterocycles. The summed E-state index contributed by atoms with van der Waals surface area (Å²) < 4.78 is 5.00. The molecule has 0 N–H and O–H groups in total. The molecule has 0 aliphatic carbocycles. The number of aromatic nitrogens is 1. The van der Waals surface area contributed by atoms with Gasteiger partial charge < -0.3 is 9.64 Å². The third-order valence-electron chi connectivity index (χ3n) is 2.36. The van der Waals surface area contributed by atoms with Crippen molar-refractivity contribution in [2.24, 2.45) is 0 Å². The summed E-state index contributed by atoms with van der Waals surface area (Å²) in [6, 6.07) is 3.22. The molecule has 1 aromatic heterocycles. The molecule has 0 radical (unpaired) electrons. The number of hydrogen-bond acceptors (Lipinski definition) is 3. The lowest BCUT2D eigenvalue weighted by atomic mass is 10.2. The van der Waals surface area contributed by atoms with Crippen LogP contribution in [0.25, 0.3) is 0 Å². The van der Waals surface area contributed by atoms with Gasteiger partial charge in [-0.05, 0) is 19.1 Å². The number of methoxy groups -OCH3 is 1. The predicted molar refractivity (Wildman–Crippen MR) is 62.7 cm³/mol. The number of halogens is 1. The Morgan fingerprint density at radius 3 is 2.94 bits per heavy atom. The smallest absolute Gasteiger partial charge is 0.254 e. The van der Waals surface area contributed by atoms with E-state index in [-0.39, 0.29) is 11.9 Å². The van der Waals surface area contributed by atoms with Crippen LogP contribution in [0.15, 0.2) is 18.3 Å². The van der Waals surface area contributed by atoms with Crippen LogP contribution in [0.2, 0.25) is 5.15 Å². The highest BCUT2D eigenvalue weighted by Gasteiger charge is 2.17. The van der Waals surface area contributed by atoms with Crippen LogP contribution in [0.1, 0.15) is 17.3 Å². The first-order valence-electron chi connectivity index (χ1n) is 4.94. The number of nitrogens with zero attached hydrogens (tertiary/aromatic N) is 2. The van der Waals surface area contributed by atoms with E-state index < -0.39 is 0 Å². The number of carbonyl (C=O) groups is 1. The number of amides is 1. The first kappa shape index (κ1) is 12.9. The lowest BCUT2D eigenvalue weighted by molar-refractivity contribution is 0.0633. The van der Waals surface area contributed by atoms with Crippen LogP contribution < -0.4 is 0 Å². The molecule has 0 saturated heterocycles. The molecule has 1 aromatic rings. The molecule has 1 atom stereocenters. The molecule has 88 valence electrons. The summed E-state index contributed by atoms with van der Waals surface area (Å²) in [6.45, 7) is 2.42. The van der Waals surface area contributed by atoms with Crippen molar-refractivity contribution in [3.63, 3.8) is 0 Å². The summed E-state index contributed by atoms with van der Waals surface area (Å²) in [4.78, 5) is 17.5. The van der Waals surface area contributed by atoms with Gasteiger partial charge in [-0.1, -0.05) is 11.6 Å². The minimum absolute atomic E-state index is 0.0180. The highest BCUT2D eigenvalue weighted by Crippen LogP contribution is 2.10. The zero-order valence-corrected chi connectivity index (χ0v) is 10.4. The molecular formula is C11H15ClN2O2. The Morgan fingerprint density at radius 1 is 1.69 bits per heavy atom. The SMILES string of the molecule is COC[C@@H](C)N(C)C(=O)c1ccnc(Cl)c1. The molecule has 0 bridgehead atoms. The van der Waals surface area contributed by atoms with Crippen LogP contribution >= 0.6 is 11.6 Å². The van der Waals surface area contributed by atoms with Gasteiger partial charge >= 0.3 is 0 Å². The third-order valence-corrected chi connectivity index (χ3v) is 2.57. The van der Waals surface area contributed by atoms with Crippen molar-refractivity contribution < 1.29 is 9.53 Å². The molecule has 4 nitrogen and oxygen atoms in total. The number of likely N-dealkylation sites (N-methyl/N-ethyl adjacent to an activating group) is 1. The number of hydrogen-bond donors (Lipinski definition) is 0. The Balaban J connectivity index is 2.77. The normalized spacial score (nSPS) is 12.2. The van der Waals surface area contributed by atoms with Crippen LogP contribution in [0.3, 0.4) is 0 Å². The Bertz CT molecular complexity index is 371. The van der Waals surface area contributed by atoms with Gasteiger partial charge in [0.05, 0.1) is 12.6 Å². The maximum Gasteiger partial charge on any atom is 0.254 e. The van der Waals surface area contributed by atoms with Crippen molar-refractivity contribution >= 4 is 17.5 Å². The lowest BCUT2D eigenvalue weighted by Crippen LogP contribution is -2.37. The minimum Gasteiger partial charge on any atom is -0.383 e. The van der Waals surface area contributed by atoms with Crippen LogP contribution in [-0.2, 0) is 4.74 Å². The molecule has 0 aromatic carbocycles. The van der Waals surface area contributed by atoms with E-state index in [1.165, 1.54) is 6.20 Å². The molecule has 0 aliphatic heterocycles. The Kier molecular flexibility index (Phi) is 4.71. The lowest BCUT2D eigenvalue weighted by Gasteiger charge is -2.24. The summed E-state index contributed by atoms with van der Waals surface area (Å²) in [5.74, 6) is -0.0890. The average molecular weight is 243 g/mol. The highest BCUT2D eigenvalue weighted by atomic mass is 35.5. The molecule has 16 heavy (non-hydrogen) atoms. The fourth-order valence-corrected chi connectivity index (χ4v) is 1.47. The topological polar surface area (TPSA) is 42.4 Å². The van der Waals surface area contributed by atoms with Crippen LogP contribution in [0, 0.1) is 0 Å². The van der Waals surface area contributed by atoms with Gasteiger partial charge in [0.15, 0.2) is 0 Å². The van der Waals surface area contributed by atoms with Crippen molar-refractivity contribution in [1.29, 1.82) is 0 Å². The van der Waals surface area contributed by atoms with Crippen molar-refractivity contribution in [2.45, 2.75) is 13.0 Å². The molecular weight excluding hydrogens is 228 g/mol. The van der Waals surface area contributed by atoms with E-state index >= 15 is 0 Å². The third kappa shape index (κ3) is 3.18. The van der Waals surface area contributed by atoms with Crippen molar-refractivity contribution in [3.8, 4) is 0 Å². The van der Waals surface area contributed by atoms with Gasteiger partial charge in [0.1, 0.15) is 5.15 Å². The van der Waals surface area contributed by atoms with Crippen molar-refractivity contribution in [3.05, 3.63) is 29.0 Å². The van der Waals surface area contributed by atoms with Crippen molar-refractivity contribution in [1.82, 2.24) is 9.88 Å². The Morgan fingerprint density at radius 2 is 2.38 bits per heavy atom. The van der Waals surface area contributed by atoms with E-state index in [0.717, 1.165) is 0 Å². The fourth-order valence-electron chi connectivity index (χ4n) is 1.29. The van der Waals surface area contributed by atoms with Gasteiger partial charge in [-0.2, -0.15) is 0 Å².